The summed E-state index contributed by atoms with van der Waals surface area (Å²) < 4.78 is 7.07. The molecule has 1 unspecified atom stereocenters. The minimum absolute atomic E-state index is 0.114. The van der Waals surface area contributed by atoms with Crippen LogP contribution in [-0.4, -0.2) is 20.7 Å². The number of nitrogens with two attached hydrogens (primary N) is 1. The lowest BCUT2D eigenvalue weighted by Crippen LogP contribution is -2.15. The second-order valence-electron chi connectivity index (χ2n) is 4.72. The number of carbonyl (C=O) groups excluding carboxylic acids is 1. The number of nitrogens with zero attached hydrogens (tertiary/aromatic N) is 3. The van der Waals surface area contributed by atoms with Crippen LogP contribution in [0.2, 0.25) is 0 Å². The van der Waals surface area contributed by atoms with Gasteiger partial charge in [-0.05, 0) is 31.5 Å². The van der Waals surface area contributed by atoms with Gasteiger partial charge in [-0.15, -0.1) is 10.2 Å². The highest BCUT2D eigenvalue weighted by molar-refractivity contribution is 5.78. The molecule has 0 radical (unpaired) electrons. The predicted octanol–water partition coefficient (Wildman–Crippen LogP) is 1.55. The molecule has 0 saturated heterocycles. The van der Waals surface area contributed by atoms with E-state index in [1.54, 1.807) is 23.6 Å². The molecule has 0 amide bonds. The van der Waals surface area contributed by atoms with Crippen LogP contribution < -0.4 is 5.73 Å². The van der Waals surface area contributed by atoms with Crippen molar-refractivity contribution < 1.29 is 9.53 Å². The standard InChI is InChI=1S/C14H18N4O2/c1-9(11-5-4-6-12(15)7-11)14(19)20-8-13-17-16-10(2)18(13)3/h4-7,9H,8,15H2,1-3H3. The number of nitrogen functional groups attached to an aromatic ring is 1. The van der Waals surface area contributed by atoms with E-state index in [2.05, 4.69) is 10.2 Å². The summed E-state index contributed by atoms with van der Waals surface area (Å²) in [5, 5.41) is 7.86. The van der Waals surface area contributed by atoms with Crippen molar-refractivity contribution >= 4 is 11.7 Å². The van der Waals surface area contributed by atoms with Crippen molar-refractivity contribution in [3.63, 3.8) is 0 Å². The normalized spacial score (nSPS) is 12.2. The number of rotatable bonds is 4. The number of hydrogen-bond donors (Lipinski definition) is 1. The maximum Gasteiger partial charge on any atom is 0.313 e. The van der Waals surface area contributed by atoms with E-state index in [9.17, 15) is 4.79 Å². The molecule has 1 heterocycles. The van der Waals surface area contributed by atoms with E-state index in [4.69, 9.17) is 10.5 Å². The van der Waals surface area contributed by atoms with Gasteiger partial charge in [-0.2, -0.15) is 0 Å². The van der Waals surface area contributed by atoms with E-state index < -0.39 is 0 Å². The second kappa shape index (κ2) is 5.73. The monoisotopic (exact) mass is 274 g/mol. The molecule has 2 aromatic rings. The lowest BCUT2D eigenvalue weighted by Gasteiger charge is -2.12. The molecule has 6 heteroatoms. The first kappa shape index (κ1) is 14.0. The van der Waals surface area contributed by atoms with E-state index in [1.807, 2.05) is 26.1 Å². The number of anilines is 1. The molecule has 0 aliphatic rings. The summed E-state index contributed by atoms with van der Waals surface area (Å²) in [6.45, 7) is 3.75. The van der Waals surface area contributed by atoms with Crippen LogP contribution in [0.1, 0.15) is 30.1 Å². The van der Waals surface area contributed by atoms with Crippen LogP contribution in [0.5, 0.6) is 0 Å². The summed E-state index contributed by atoms with van der Waals surface area (Å²) >= 11 is 0. The van der Waals surface area contributed by atoms with E-state index in [1.165, 1.54) is 0 Å². The lowest BCUT2D eigenvalue weighted by atomic mass is 10.0. The van der Waals surface area contributed by atoms with Gasteiger partial charge in [0.05, 0.1) is 5.92 Å². The molecule has 0 aliphatic carbocycles. The Morgan fingerprint density at radius 2 is 2.20 bits per heavy atom. The summed E-state index contributed by atoms with van der Waals surface area (Å²) in [6.07, 6.45) is 0. The molecule has 2 N–H and O–H groups in total. The Balaban J connectivity index is 2.00. The van der Waals surface area contributed by atoms with Crippen molar-refractivity contribution in [3.05, 3.63) is 41.5 Å². The van der Waals surface area contributed by atoms with Crippen molar-refractivity contribution in [1.29, 1.82) is 0 Å². The van der Waals surface area contributed by atoms with E-state index in [0.29, 0.717) is 11.5 Å². The number of benzene rings is 1. The number of hydrogen-bond acceptors (Lipinski definition) is 5. The molecule has 6 nitrogen and oxygen atoms in total. The van der Waals surface area contributed by atoms with Gasteiger partial charge >= 0.3 is 5.97 Å². The molecule has 20 heavy (non-hydrogen) atoms. The number of aromatic nitrogens is 3. The van der Waals surface area contributed by atoms with Gasteiger partial charge in [0.1, 0.15) is 5.82 Å². The first-order valence-electron chi connectivity index (χ1n) is 6.36. The Hall–Kier alpha value is -2.37. The predicted molar refractivity (Wildman–Crippen MR) is 74.8 cm³/mol. The van der Waals surface area contributed by atoms with Crippen LogP contribution in [0.4, 0.5) is 5.69 Å². The van der Waals surface area contributed by atoms with Crippen molar-refractivity contribution in [2.24, 2.45) is 7.05 Å². The molecule has 0 bridgehead atoms. The van der Waals surface area contributed by atoms with Gasteiger partial charge in [-0.3, -0.25) is 4.79 Å². The zero-order valence-corrected chi connectivity index (χ0v) is 11.8. The fourth-order valence-electron chi connectivity index (χ4n) is 1.80. The minimum Gasteiger partial charge on any atom is -0.457 e. The molecular weight excluding hydrogens is 256 g/mol. The molecule has 1 aromatic heterocycles. The second-order valence-corrected chi connectivity index (χ2v) is 4.72. The SMILES string of the molecule is Cc1nnc(COC(=O)C(C)c2cccc(N)c2)n1C. The highest BCUT2D eigenvalue weighted by Gasteiger charge is 2.18. The van der Waals surface area contributed by atoms with Crippen LogP contribution in [0, 0.1) is 6.92 Å². The summed E-state index contributed by atoms with van der Waals surface area (Å²) in [5.41, 5.74) is 7.18. The van der Waals surface area contributed by atoms with Gasteiger partial charge in [-0.25, -0.2) is 0 Å². The van der Waals surface area contributed by atoms with Crippen LogP contribution in [-0.2, 0) is 23.2 Å². The van der Waals surface area contributed by atoms with Crippen LogP contribution in [0.25, 0.3) is 0 Å². The number of esters is 1. The molecule has 2 rings (SSSR count). The average Bonchev–Trinajstić information content (AvgIpc) is 2.75. The zero-order chi connectivity index (χ0) is 14.7. The average molecular weight is 274 g/mol. The largest absolute Gasteiger partial charge is 0.457 e. The van der Waals surface area contributed by atoms with Gasteiger partial charge in [0, 0.05) is 12.7 Å². The third kappa shape index (κ3) is 2.96. The smallest absolute Gasteiger partial charge is 0.313 e. The molecule has 106 valence electrons. The van der Waals surface area contributed by atoms with E-state index >= 15 is 0 Å². The van der Waals surface area contributed by atoms with Crippen molar-refractivity contribution in [2.45, 2.75) is 26.4 Å². The molecule has 0 saturated carbocycles. The Labute approximate surface area is 117 Å². The maximum atomic E-state index is 12.0. The quantitative estimate of drug-likeness (QED) is 0.675. The van der Waals surface area contributed by atoms with E-state index in [-0.39, 0.29) is 18.5 Å². The minimum atomic E-state index is -0.368. The first-order chi connectivity index (χ1) is 9.49. The van der Waals surface area contributed by atoms with Crippen LogP contribution in [0.15, 0.2) is 24.3 Å². The maximum absolute atomic E-state index is 12.0. The summed E-state index contributed by atoms with van der Waals surface area (Å²) in [4.78, 5) is 12.0. The number of aryl methyl sites for hydroxylation is 1. The lowest BCUT2D eigenvalue weighted by molar-refractivity contribution is -0.146. The Kier molecular flexibility index (Phi) is 4.02. The van der Waals surface area contributed by atoms with Gasteiger partial charge in [0.25, 0.3) is 0 Å². The number of carbonyl (C=O) groups is 1. The topological polar surface area (TPSA) is 83.0 Å². The fourth-order valence-corrected chi connectivity index (χ4v) is 1.80. The Morgan fingerprint density at radius 3 is 2.80 bits per heavy atom. The van der Waals surface area contributed by atoms with Crippen molar-refractivity contribution in [1.82, 2.24) is 14.8 Å². The van der Waals surface area contributed by atoms with Crippen molar-refractivity contribution in [3.8, 4) is 0 Å². The third-order valence-electron chi connectivity index (χ3n) is 3.29. The van der Waals surface area contributed by atoms with Crippen molar-refractivity contribution in [2.75, 3.05) is 5.73 Å². The third-order valence-corrected chi connectivity index (χ3v) is 3.29. The van der Waals surface area contributed by atoms with E-state index in [0.717, 1.165) is 11.4 Å². The molecular formula is C14H18N4O2. The van der Waals surface area contributed by atoms with Gasteiger partial charge in [-0.1, -0.05) is 12.1 Å². The highest BCUT2D eigenvalue weighted by atomic mass is 16.5. The van der Waals surface area contributed by atoms with Gasteiger partial charge in [0.2, 0.25) is 0 Å². The summed E-state index contributed by atoms with van der Waals surface area (Å²) in [7, 11) is 1.83. The summed E-state index contributed by atoms with van der Waals surface area (Å²) in [6, 6.07) is 7.23. The molecule has 0 aliphatic heterocycles. The Bertz CT molecular complexity index is 621. The molecule has 1 aromatic carbocycles. The van der Waals surface area contributed by atoms with Gasteiger partial charge in [0.15, 0.2) is 12.4 Å². The molecule has 1 atom stereocenters. The van der Waals surface area contributed by atoms with Crippen LogP contribution in [0.3, 0.4) is 0 Å². The zero-order valence-electron chi connectivity index (χ0n) is 11.8. The Morgan fingerprint density at radius 1 is 1.45 bits per heavy atom. The highest BCUT2D eigenvalue weighted by Crippen LogP contribution is 2.19. The summed E-state index contributed by atoms with van der Waals surface area (Å²) in [5.74, 6) is 0.722. The number of ether oxygens (including phenoxy) is 1. The fraction of sp³-hybridized carbons (Fsp3) is 0.357. The molecule has 0 spiro atoms. The van der Waals surface area contributed by atoms with Gasteiger partial charge < -0.3 is 15.0 Å². The first-order valence-corrected chi connectivity index (χ1v) is 6.36. The van der Waals surface area contributed by atoms with Crippen LogP contribution >= 0.6 is 0 Å². The molecule has 0 fully saturated rings.